The Morgan fingerprint density at radius 3 is 2.50 bits per heavy atom. The Bertz CT molecular complexity index is 378. The van der Waals surface area contributed by atoms with Crippen LogP contribution in [0.1, 0.15) is 18.5 Å². The first-order chi connectivity index (χ1) is 8.72. The molecule has 1 aromatic rings. The Morgan fingerprint density at radius 2 is 1.89 bits per heavy atom. The van der Waals surface area contributed by atoms with Crippen molar-refractivity contribution < 1.29 is 5.11 Å². The molecule has 0 aliphatic carbocycles. The lowest BCUT2D eigenvalue weighted by molar-refractivity contribution is 0.0888. The van der Waals surface area contributed by atoms with Gasteiger partial charge in [-0.3, -0.25) is 9.80 Å². The summed E-state index contributed by atoms with van der Waals surface area (Å²) in [5, 5.41) is 9.79. The average Bonchev–Trinajstić information content (AvgIpc) is 2.40. The van der Waals surface area contributed by atoms with Crippen LogP contribution in [-0.4, -0.2) is 54.2 Å². The molecule has 0 spiro atoms. The topological polar surface area (TPSA) is 26.7 Å². The number of aliphatic hydroxyl groups is 1. The zero-order chi connectivity index (χ0) is 13.0. The van der Waals surface area contributed by atoms with Gasteiger partial charge in [-0.1, -0.05) is 29.8 Å². The third-order valence-corrected chi connectivity index (χ3v) is 4.07. The van der Waals surface area contributed by atoms with Gasteiger partial charge in [-0.2, -0.15) is 0 Å². The first-order valence-corrected chi connectivity index (χ1v) is 6.92. The molecule has 1 N–H and O–H groups in total. The van der Waals surface area contributed by atoms with E-state index in [1.165, 1.54) is 5.56 Å². The molecule has 4 heteroatoms. The number of β-amino-alcohol motifs (C(OH)–C–C–N with tert-alkyl or cyclic N) is 1. The predicted octanol–water partition coefficient (Wildman–Crippen LogP) is 2.01. The molecule has 100 valence electrons. The lowest BCUT2D eigenvalue weighted by Crippen LogP contribution is -2.47. The van der Waals surface area contributed by atoms with Crippen molar-refractivity contribution in [2.45, 2.75) is 13.0 Å². The van der Waals surface area contributed by atoms with Crippen LogP contribution in [-0.2, 0) is 0 Å². The summed E-state index contributed by atoms with van der Waals surface area (Å²) in [7, 11) is 0. The van der Waals surface area contributed by atoms with Gasteiger partial charge in [-0.25, -0.2) is 0 Å². The second kappa shape index (κ2) is 6.53. The standard InChI is InChI=1S/C14H21ClN2O/c1-12(13-4-2-3-5-14(13)15)17-8-6-16(7-9-17)10-11-18/h2-5,12,18H,6-11H2,1H3. The second-order valence-corrected chi connectivity index (χ2v) is 5.21. The van der Waals surface area contributed by atoms with Crippen LogP contribution in [0, 0.1) is 0 Å². The molecule has 0 amide bonds. The third kappa shape index (κ3) is 3.23. The number of halogens is 1. The number of rotatable bonds is 4. The summed E-state index contributed by atoms with van der Waals surface area (Å²) in [5.41, 5.74) is 1.20. The van der Waals surface area contributed by atoms with Crippen molar-refractivity contribution in [1.29, 1.82) is 0 Å². The summed E-state index contributed by atoms with van der Waals surface area (Å²) in [5.74, 6) is 0. The molecule has 1 fully saturated rings. The molecule has 1 aliphatic rings. The summed E-state index contributed by atoms with van der Waals surface area (Å²) < 4.78 is 0. The van der Waals surface area contributed by atoms with Gasteiger partial charge in [-0.15, -0.1) is 0 Å². The maximum Gasteiger partial charge on any atom is 0.0558 e. The van der Waals surface area contributed by atoms with Gasteiger partial charge in [0, 0.05) is 43.8 Å². The SMILES string of the molecule is CC(c1ccccc1Cl)N1CCN(CCO)CC1. The van der Waals surface area contributed by atoms with Crippen LogP contribution in [0.25, 0.3) is 0 Å². The van der Waals surface area contributed by atoms with E-state index in [1.807, 2.05) is 18.2 Å². The van der Waals surface area contributed by atoms with Gasteiger partial charge in [0.1, 0.15) is 0 Å². The number of benzene rings is 1. The Labute approximate surface area is 114 Å². The monoisotopic (exact) mass is 268 g/mol. The van der Waals surface area contributed by atoms with E-state index < -0.39 is 0 Å². The fraction of sp³-hybridized carbons (Fsp3) is 0.571. The highest BCUT2D eigenvalue weighted by Gasteiger charge is 2.22. The van der Waals surface area contributed by atoms with Crippen LogP contribution >= 0.6 is 11.6 Å². The predicted molar refractivity (Wildman–Crippen MR) is 75.0 cm³/mol. The van der Waals surface area contributed by atoms with E-state index >= 15 is 0 Å². The van der Waals surface area contributed by atoms with Crippen molar-refractivity contribution in [2.75, 3.05) is 39.3 Å². The largest absolute Gasteiger partial charge is 0.395 e. The number of hydrogen-bond donors (Lipinski definition) is 1. The van der Waals surface area contributed by atoms with Crippen molar-refractivity contribution in [3.63, 3.8) is 0 Å². The average molecular weight is 269 g/mol. The van der Waals surface area contributed by atoms with Gasteiger partial charge in [0.2, 0.25) is 0 Å². The van der Waals surface area contributed by atoms with Crippen LogP contribution in [0.3, 0.4) is 0 Å². The van der Waals surface area contributed by atoms with Gasteiger partial charge in [0.05, 0.1) is 6.61 Å². The van der Waals surface area contributed by atoms with Crippen LogP contribution in [0.5, 0.6) is 0 Å². The third-order valence-electron chi connectivity index (χ3n) is 3.73. The van der Waals surface area contributed by atoms with Crippen molar-refractivity contribution >= 4 is 11.6 Å². The fourth-order valence-electron chi connectivity index (χ4n) is 2.53. The van der Waals surface area contributed by atoms with Crippen molar-refractivity contribution in [3.8, 4) is 0 Å². The summed E-state index contributed by atoms with van der Waals surface area (Å²) in [6, 6.07) is 8.43. The minimum absolute atomic E-state index is 0.250. The minimum atomic E-state index is 0.250. The van der Waals surface area contributed by atoms with Crippen molar-refractivity contribution in [1.82, 2.24) is 9.80 Å². The molecule has 1 heterocycles. The molecule has 1 unspecified atom stereocenters. The highest BCUT2D eigenvalue weighted by atomic mass is 35.5. The quantitative estimate of drug-likeness (QED) is 0.905. The maximum atomic E-state index is 8.94. The van der Waals surface area contributed by atoms with Crippen LogP contribution in [0.15, 0.2) is 24.3 Å². The van der Waals surface area contributed by atoms with Gasteiger partial charge >= 0.3 is 0 Å². The molecule has 18 heavy (non-hydrogen) atoms. The zero-order valence-electron chi connectivity index (χ0n) is 10.8. The molecule has 1 aromatic carbocycles. The summed E-state index contributed by atoms with van der Waals surface area (Å²) in [4.78, 5) is 4.75. The van der Waals surface area contributed by atoms with Gasteiger partial charge < -0.3 is 5.11 Å². The molecule has 1 saturated heterocycles. The Balaban J connectivity index is 1.95. The van der Waals surface area contributed by atoms with Gasteiger partial charge in [0.25, 0.3) is 0 Å². The van der Waals surface area contributed by atoms with E-state index in [2.05, 4.69) is 22.8 Å². The summed E-state index contributed by atoms with van der Waals surface area (Å²) in [6.45, 7) is 7.36. The van der Waals surface area contributed by atoms with Gasteiger partial charge in [0.15, 0.2) is 0 Å². The molecule has 0 bridgehead atoms. The minimum Gasteiger partial charge on any atom is -0.395 e. The Hall–Kier alpha value is -0.610. The molecule has 0 saturated carbocycles. The Morgan fingerprint density at radius 1 is 1.22 bits per heavy atom. The lowest BCUT2D eigenvalue weighted by Gasteiger charge is -2.38. The first-order valence-electron chi connectivity index (χ1n) is 6.54. The summed E-state index contributed by atoms with van der Waals surface area (Å²) >= 11 is 6.25. The first kappa shape index (κ1) is 13.8. The van der Waals surface area contributed by atoms with Crippen LogP contribution in [0.2, 0.25) is 5.02 Å². The van der Waals surface area contributed by atoms with E-state index in [-0.39, 0.29) is 6.61 Å². The molecular formula is C14H21ClN2O. The molecule has 1 atom stereocenters. The van der Waals surface area contributed by atoms with E-state index in [1.54, 1.807) is 0 Å². The smallest absolute Gasteiger partial charge is 0.0558 e. The van der Waals surface area contributed by atoms with E-state index in [0.29, 0.717) is 6.04 Å². The number of nitrogens with zero attached hydrogens (tertiary/aromatic N) is 2. The number of piperazine rings is 1. The number of hydrogen-bond acceptors (Lipinski definition) is 3. The highest BCUT2D eigenvalue weighted by Crippen LogP contribution is 2.27. The lowest BCUT2D eigenvalue weighted by atomic mass is 10.1. The summed E-state index contributed by atoms with van der Waals surface area (Å²) in [6.07, 6.45) is 0. The van der Waals surface area contributed by atoms with E-state index in [0.717, 1.165) is 37.7 Å². The van der Waals surface area contributed by atoms with Crippen molar-refractivity contribution in [3.05, 3.63) is 34.9 Å². The maximum absolute atomic E-state index is 8.94. The number of aliphatic hydroxyl groups excluding tert-OH is 1. The molecule has 0 aromatic heterocycles. The van der Waals surface area contributed by atoms with E-state index in [4.69, 9.17) is 16.7 Å². The normalized spacial score (nSPS) is 19.9. The van der Waals surface area contributed by atoms with Crippen LogP contribution < -0.4 is 0 Å². The fourth-order valence-corrected chi connectivity index (χ4v) is 2.82. The van der Waals surface area contributed by atoms with E-state index in [9.17, 15) is 0 Å². The van der Waals surface area contributed by atoms with Crippen LogP contribution in [0.4, 0.5) is 0 Å². The highest BCUT2D eigenvalue weighted by molar-refractivity contribution is 6.31. The molecule has 0 radical (unpaired) electrons. The molecule has 1 aliphatic heterocycles. The molecule has 2 rings (SSSR count). The Kier molecular flexibility index (Phi) is 5.01. The molecular weight excluding hydrogens is 248 g/mol. The van der Waals surface area contributed by atoms with Crippen molar-refractivity contribution in [2.24, 2.45) is 0 Å². The van der Waals surface area contributed by atoms with Gasteiger partial charge in [-0.05, 0) is 18.6 Å². The zero-order valence-corrected chi connectivity index (χ0v) is 11.6. The molecule has 3 nitrogen and oxygen atoms in total. The second-order valence-electron chi connectivity index (χ2n) is 4.80.